The Morgan fingerprint density at radius 2 is 1.65 bits per heavy atom. The molecule has 0 aliphatic carbocycles. The summed E-state index contributed by atoms with van der Waals surface area (Å²) in [5.74, 6) is -0.901. The third-order valence-electron chi connectivity index (χ3n) is 2.74. The highest BCUT2D eigenvalue weighted by molar-refractivity contribution is 5.79. The molecule has 1 unspecified atom stereocenters. The van der Waals surface area contributed by atoms with Gasteiger partial charge in [-0.3, -0.25) is 14.5 Å². The molecule has 0 rings (SSSR count). The van der Waals surface area contributed by atoms with E-state index in [1.807, 2.05) is 13.8 Å². The summed E-state index contributed by atoms with van der Waals surface area (Å²) < 4.78 is 0. The molecule has 1 atom stereocenters. The molecule has 0 aromatic carbocycles. The minimum Gasteiger partial charge on any atom is -0.480 e. The lowest BCUT2D eigenvalue weighted by Gasteiger charge is -2.26. The first-order chi connectivity index (χ1) is 7.93. The van der Waals surface area contributed by atoms with E-state index < -0.39 is 12.0 Å². The molecule has 0 saturated heterocycles. The SMILES string of the molecule is CCCN(CCC)C(=O)CN(C)C(C)C(=O)O. The van der Waals surface area contributed by atoms with Gasteiger partial charge in [-0.05, 0) is 26.8 Å². The van der Waals surface area contributed by atoms with Gasteiger partial charge in [-0.1, -0.05) is 13.8 Å². The molecule has 100 valence electrons. The van der Waals surface area contributed by atoms with Gasteiger partial charge in [0.2, 0.25) is 5.91 Å². The van der Waals surface area contributed by atoms with Gasteiger partial charge in [0.15, 0.2) is 0 Å². The maximum atomic E-state index is 12.0. The molecule has 5 heteroatoms. The zero-order valence-electron chi connectivity index (χ0n) is 11.3. The van der Waals surface area contributed by atoms with E-state index in [9.17, 15) is 9.59 Å². The molecule has 0 radical (unpaired) electrons. The van der Waals surface area contributed by atoms with Crippen molar-refractivity contribution in [2.75, 3.05) is 26.7 Å². The van der Waals surface area contributed by atoms with E-state index in [4.69, 9.17) is 5.11 Å². The highest BCUT2D eigenvalue weighted by Gasteiger charge is 2.21. The maximum absolute atomic E-state index is 12.0. The van der Waals surface area contributed by atoms with Gasteiger partial charge in [0.05, 0.1) is 6.54 Å². The lowest BCUT2D eigenvalue weighted by atomic mass is 10.3. The van der Waals surface area contributed by atoms with Crippen molar-refractivity contribution < 1.29 is 14.7 Å². The first kappa shape index (κ1) is 15.9. The number of carbonyl (C=O) groups is 2. The van der Waals surface area contributed by atoms with Gasteiger partial charge in [-0.2, -0.15) is 0 Å². The van der Waals surface area contributed by atoms with E-state index >= 15 is 0 Å². The summed E-state index contributed by atoms with van der Waals surface area (Å²) in [7, 11) is 1.66. The highest BCUT2D eigenvalue weighted by Crippen LogP contribution is 2.00. The van der Waals surface area contributed by atoms with Gasteiger partial charge >= 0.3 is 5.97 Å². The smallest absolute Gasteiger partial charge is 0.320 e. The minimum absolute atomic E-state index is 0.00398. The molecule has 0 aromatic rings. The van der Waals surface area contributed by atoms with Crippen LogP contribution in [0.1, 0.15) is 33.6 Å². The van der Waals surface area contributed by atoms with E-state index in [1.165, 1.54) is 0 Å². The number of rotatable bonds is 8. The Morgan fingerprint density at radius 3 is 2.00 bits per heavy atom. The Labute approximate surface area is 103 Å². The quantitative estimate of drug-likeness (QED) is 0.693. The summed E-state index contributed by atoms with van der Waals surface area (Å²) in [5, 5.41) is 8.84. The Kier molecular flexibility index (Phi) is 7.54. The average molecular weight is 244 g/mol. The number of carboxylic acid groups (broad SMARTS) is 1. The molecule has 1 amide bonds. The van der Waals surface area contributed by atoms with E-state index in [1.54, 1.807) is 23.8 Å². The predicted molar refractivity (Wildman–Crippen MR) is 66.9 cm³/mol. The van der Waals surface area contributed by atoms with Crippen LogP contribution in [0.3, 0.4) is 0 Å². The van der Waals surface area contributed by atoms with Gasteiger partial charge < -0.3 is 10.0 Å². The number of amides is 1. The molecule has 0 fully saturated rings. The number of carboxylic acids is 1. The van der Waals surface area contributed by atoms with Crippen molar-refractivity contribution in [3.05, 3.63) is 0 Å². The van der Waals surface area contributed by atoms with Crippen LogP contribution < -0.4 is 0 Å². The second kappa shape index (κ2) is 8.06. The van der Waals surface area contributed by atoms with Crippen molar-refractivity contribution in [2.24, 2.45) is 0 Å². The summed E-state index contributed by atoms with van der Waals surface area (Å²) in [4.78, 5) is 26.1. The number of nitrogens with zero attached hydrogens (tertiary/aromatic N) is 2. The van der Waals surface area contributed by atoms with Crippen LogP contribution in [0.15, 0.2) is 0 Å². The number of aliphatic carboxylic acids is 1. The fraction of sp³-hybridized carbons (Fsp3) is 0.833. The van der Waals surface area contributed by atoms with Gasteiger partial charge in [0.25, 0.3) is 0 Å². The van der Waals surface area contributed by atoms with Crippen LogP contribution in [-0.4, -0.2) is 59.5 Å². The third-order valence-corrected chi connectivity index (χ3v) is 2.74. The normalized spacial score (nSPS) is 12.5. The lowest BCUT2D eigenvalue weighted by molar-refractivity contribution is -0.143. The van der Waals surface area contributed by atoms with Crippen molar-refractivity contribution in [3.63, 3.8) is 0 Å². The second-order valence-corrected chi connectivity index (χ2v) is 4.31. The van der Waals surface area contributed by atoms with Crippen LogP contribution in [0.25, 0.3) is 0 Å². The van der Waals surface area contributed by atoms with Crippen LogP contribution >= 0.6 is 0 Å². The van der Waals surface area contributed by atoms with E-state index in [-0.39, 0.29) is 12.5 Å². The Balaban J connectivity index is 4.33. The molecular formula is C12H24N2O3. The summed E-state index contributed by atoms with van der Waals surface area (Å²) >= 11 is 0. The molecule has 0 saturated carbocycles. The van der Waals surface area contributed by atoms with Crippen LogP contribution in [0.4, 0.5) is 0 Å². The minimum atomic E-state index is -0.905. The van der Waals surface area contributed by atoms with E-state index in [0.29, 0.717) is 0 Å². The zero-order chi connectivity index (χ0) is 13.4. The predicted octanol–water partition coefficient (Wildman–Crippen LogP) is 1.04. The van der Waals surface area contributed by atoms with Crippen molar-refractivity contribution >= 4 is 11.9 Å². The monoisotopic (exact) mass is 244 g/mol. The van der Waals surface area contributed by atoms with Gasteiger partial charge in [0.1, 0.15) is 6.04 Å². The van der Waals surface area contributed by atoms with Crippen molar-refractivity contribution in [1.82, 2.24) is 9.80 Å². The van der Waals surface area contributed by atoms with Crippen molar-refractivity contribution in [2.45, 2.75) is 39.7 Å². The average Bonchev–Trinajstić information content (AvgIpc) is 2.27. The summed E-state index contributed by atoms with van der Waals surface area (Å²) in [6, 6.07) is -0.635. The van der Waals surface area contributed by atoms with Crippen LogP contribution in [0.2, 0.25) is 0 Å². The highest BCUT2D eigenvalue weighted by atomic mass is 16.4. The Bertz CT molecular complexity index is 250. The van der Waals surface area contributed by atoms with Crippen molar-refractivity contribution in [1.29, 1.82) is 0 Å². The standard InChI is InChI=1S/C12H24N2O3/c1-5-7-14(8-6-2)11(15)9-13(4)10(3)12(16)17/h10H,5-9H2,1-4H3,(H,16,17). The summed E-state index contributed by atoms with van der Waals surface area (Å²) in [6.45, 7) is 7.27. The fourth-order valence-electron chi connectivity index (χ4n) is 1.54. The Hall–Kier alpha value is -1.10. The van der Waals surface area contributed by atoms with Crippen LogP contribution in [0, 0.1) is 0 Å². The summed E-state index contributed by atoms with van der Waals surface area (Å²) in [5.41, 5.74) is 0. The zero-order valence-corrected chi connectivity index (χ0v) is 11.3. The summed E-state index contributed by atoms with van der Waals surface area (Å²) in [6.07, 6.45) is 1.84. The first-order valence-corrected chi connectivity index (χ1v) is 6.14. The maximum Gasteiger partial charge on any atom is 0.320 e. The molecule has 0 spiro atoms. The topological polar surface area (TPSA) is 60.9 Å². The van der Waals surface area contributed by atoms with E-state index in [0.717, 1.165) is 25.9 Å². The van der Waals surface area contributed by atoms with Gasteiger partial charge in [0, 0.05) is 13.1 Å². The molecule has 5 nitrogen and oxygen atoms in total. The molecule has 17 heavy (non-hydrogen) atoms. The van der Waals surface area contributed by atoms with Crippen molar-refractivity contribution in [3.8, 4) is 0 Å². The first-order valence-electron chi connectivity index (χ1n) is 6.14. The van der Waals surface area contributed by atoms with Gasteiger partial charge in [-0.25, -0.2) is 0 Å². The number of likely N-dealkylation sites (N-methyl/N-ethyl adjacent to an activating group) is 1. The fourth-order valence-corrected chi connectivity index (χ4v) is 1.54. The number of hydrogen-bond acceptors (Lipinski definition) is 3. The molecule has 1 N–H and O–H groups in total. The lowest BCUT2D eigenvalue weighted by Crippen LogP contribution is -2.44. The largest absolute Gasteiger partial charge is 0.480 e. The second-order valence-electron chi connectivity index (χ2n) is 4.31. The molecule has 0 aromatic heterocycles. The molecule has 0 heterocycles. The third kappa shape index (κ3) is 5.68. The Morgan fingerprint density at radius 1 is 1.18 bits per heavy atom. The molecule has 0 bridgehead atoms. The molecule has 0 aliphatic heterocycles. The van der Waals surface area contributed by atoms with E-state index in [2.05, 4.69) is 0 Å². The van der Waals surface area contributed by atoms with Gasteiger partial charge in [-0.15, -0.1) is 0 Å². The number of carbonyl (C=O) groups excluding carboxylic acids is 1. The van der Waals surface area contributed by atoms with Crippen LogP contribution in [-0.2, 0) is 9.59 Å². The van der Waals surface area contributed by atoms with Crippen LogP contribution in [0.5, 0.6) is 0 Å². The number of hydrogen-bond donors (Lipinski definition) is 1. The molecular weight excluding hydrogens is 220 g/mol. The molecule has 0 aliphatic rings.